The van der Waals surface area contributed by atoms with Crippen LogP contribution in [0.3, 0.4) is 0 Å². The van der Waals surface area contributed by atoms with E-state index in [0.717, 1.165) is 21.3 Å². The standard InChI is InChI=1S/C24H15ClN2O2S/c1-2-13-27-18-12-11-15(25)14-21(18)30-24(27)26-23(28)22-16-7-3-5-9-19(16)29-20-10-6-4-8-17(20)22/h1,3-12,14,22H,13H2. The Morgan fingerprint density at radius 1 is 1.10 bits per heavy atom. The zero-order valence-corrected chi connectivity index (χ0v) is 17.3. The average molecular weight is 431 g/mol. The van der Waals surface area contributed by atoms with Crippen LogP contribution in [0.5, 0.6) is 11.5 Å². The summed E-state index contributed by atoms with van der Waals surface area (Å²) in [5.74, 6) is 3.18. The Morgan fingerprint density at radius 2 is 1.77 bits per heavy atom. The van der Waals surface area contributed by atoms with E-state index in [1.807, 2.05) is 65.2 Å². The van der Waals surface area contributed by atoms with Gasteiger partial charge in [-0.05, 0) is 30.3 Å². The molecule has 1 aliphatic heterocycles. The molecule has 6 heteroatoms. The Labute approximate surface area is 182 Å². The van der Waals surface area contributed by atoms with Crippen molar-refractivity contribution in [2.75, 3.05) is 0 Å². The van der Waals surface area contributed by atoms with Crippen molar-refractivity contribution in [1.29, 1.82) is 0 Å². The number of amides is 1. The van der Waals surface area contributed by atoms with Crippen molar-refractivity contribution in [2.45, 2.75) is 12.5 Å². The lowest BCUT2D eigenvalue weighted by Gasteiger charge is -2.25. The lowest BCUT2D eigenvalue weighted by atomic mass is 9.87. The zero-order valence-electron chi connectivity index (χ0n) is 15.7. The predicted octanol–water partition coefficient (Wildman–Crippen LogP) is 5.35. The van der Waals surface area contributed by atoms with E-state index in [9.17, 15) is 4.79 Å². The Balaban J connectivity index is 1.69. The third kappa shape index (κ3) is 3.11. The second-order valence-corrected chi connectivity index (χ2v) is 8.29. The van der Waals surface area contributed by atoms with E-state index < -0.39 is 5.92 Å². The molecule has 0 saturated carbocycles. The summed E-state index contributed by atoms with van der Waals surface area (Å²) in [6.07, 6.45) is 5.57. The molecule has 0 aliphatic carbocycles. The van der Waals surface area contributed by atoms with Gasteiger partial charge in [0.25, 0.3) is 5.91 Å². The topological polar surface area (TPSA) is 43.6 Å². The van der Waals surface area contributed by atoms with Gasteiger partial charge in [0, 0.05) is 16.1 Å². The fraction of sp³-hybridized carbons (Fsp3) is 0.0833. The van der Waals surface area contributed by atoms with Crippen LogP contribution >= 0.6 is 22.9 Å². The van der Waals surface area contributed by atoms with Crippen LogP contribution in [0, 0.1) is 12.3 Å². The number of carbonyl (C=O) groups excluding carboxylic acids is 1. The molecular weight excluding hydrogens is 416 g/mol. The maximum atomic E-state index is 13.5. The molecule has 0 unspecified atom stereocenters. The van der Waals surface area contributed by atoms with Crippen molar-refractivity contribution in [3.63, 3.8) is 0 Å². The molecule has 146 valence electrons. The van der Waals surface area contributed by atoms with E-state index in [0.29, 0.717) is 27.9 Å². The van der Waals surface area contributed by atoms with Crippen LogP contribution < -0.4 is 9.54 Å². The number of hydrogen-bond donors (Lipinski definition) is 0. The van der Waals surface area contributed by atoms with Gasteiger partial charge in [0.1, 0.15) is 11.5 Å². The molecule has 0 bridgehead atoms. The molecule has 1 aromatic heterocycles. The van der Waals surface area contributed by atoms with E-state index in [-0.39, 0.29) is 5.91 Å². The highest BCUT2D eigenvalue weighted by molar-refractivity contribution is 7.16. The van der Waals surface area contributed by atoms with Crippen molar-refractivity contribution in [2.24, 2.45) is 4.99 Å². The summed E-state index contributed by atoms with van der Waals surface area (Å²) >= 11 is 7.54. The first kappa shape index (κ1) is 18.7. The summed E-state index contributed by atoms with van der Waals surface area (Å²) < 4.78 is 8.79. The van der Waals surface area contributed by atoms with Crippen LogP contribution in [0.1, 0.15) is 17.0 Å². The first-order valence-electron chi connectivity index (χ1n) is 9.32. The summed E-state index contributed by atoms with van der Waals surface area (Å²) in [5.41, 5.74) is 2.51. The Morgan fingerprint density at radius 3 is 2.43 bits per heavy atom. The quantitative estimate of drug-likeness (QED) is 0.402. The normalized spacial score (nSPS) is 13.4. The molecule has 0 radical (unpaired) electrons. The lowest BCUT2D eigenvalue weighted by molar-refractivity contribution is -0.118. The highest BCUT2D eigenvalue weighted by atomic mass is 35.5. The third-order valence-corrected chi connectivity index (χ3v) is 6.30. The summed E-state index contributed by atoms with van der Waals surface area (Å²) in [7, 11) is 0. The number of terminal acetylenes is 1. The molecule has 3 aromatic carbocycles. The van der Waals surface area contributed by atoms with Gasteiger partial charge in [-0.15, -0.1) is 6.42 Å². The van der Waals surface area contributed by atoms with E-state index in [1.165, 1.54) is 11.3 Å². The van der Waals surface area contributed by atoms with Crippen LogP contribution in [0.4, 0.5) is 0 Å². The minimum Gasteiger partial charge on any atom is -0.457 e. The first-order chi connectivity index (χ1) is 14.7. The number of nitrogens with zero attached hydrogens (tertiary/aromatic N) is 2. The number of hydrogen-bond acceptors (Lipinski definition) is 3. The number of ether oxygens (including phenoxy) is 1. The maximum Gasteiger partial charge on any atom is 0.260 e. The Bertz CT molecular complexity index is 1370. The Kier molecular flexibility index (Phi) is 4.66. The van der Waals surface area contributed by atoms with Crippen molar-refractivity contribution in [3.05, 3.63) is 87.7 Å². The summed E-state index contributed by atoms with van der Waals surface area (Å²) in [6.45, 7) is 0.314. The number of aromatic nitrogens is 1. The van der Waals surface area contributed by atoms with Gasteiger partial charge in [0.15, 0.2) is 4.80 Å². The molecule has 30 heavy (non-hydrogen) atoms. The fourth-order valence-corrected chi connectivity index (χ4v) is 5.02. The van der Waals surface area contributed by atoms with Crippen LogP contribution in [0.25, 0.3) is 10.2 Å². The minimum atomic E-state index is -0.542. The number of thiazole rings is 1. The van der Waals surface area contributed by atoms with E-state index in [1.54, 1.807) is 6.07 Å². The SMILES string of the molecule is C#CCn1c(=NC(=O)C2c3ccccc3Oc3ccccc32)sc2cc(Cl)ccc21. The van der Waals surface area contributed by atoms with E-state index >= 15 is 0 Å². The van der Waals surface area contributed by atoms with Gasteiger partial charge >= 0.3 is 0 Å². The summed E-state index contributed by atoms with van der Waals surface area (Å²) in [5, 5.41) is 0.627. The van der Waals surface area contributed by atoms with Crippen molar-refractivity contribution in [1.82, 2.24) is 4.57 Å². The van der Waals surface area contributed by atoms with E-state index in [2.05, 4.69) is 10.9 Å². The number of benzene rings is 3. The number of halogens is 1. The monoisotopic (exact) mass is 430 g/mol. The van der Waals surface area contributed by atoms with Crippen LogP contribution in [-0.4, -0.2) is 10.5 Å². The minimum absolute atomic E-state index is 0.262. The van der Waals surface area contributed by atoms with Gasteiger partial charge in [-0.1, -0.05) is 65.3 Å². The first-order valence-corrected chi connectivity index (χ1v) is 10.5. The Hall–Kier alpha value is -3.33. The molecule has 1 amide bonds. The maximum absolute atomic E-state index is 13.5. The summed E-state index contributed by atoms with van der Waals surface area (Å²) in [4.78, 5) is 18.6. The second-order valence-electron chi connectivity index (χ2n) is 6.85. The number of rotatable bonds is 2. The number of carbonyl (C=O) groups is 1. The molecular formula is C24H15ClN2O2S. The van der Waals surface area contributed by atoms with Crippen molar-refractivity contribution >= 4 is 39.1 Å². The molecule has 0 saturated heterocycles. The van der Waals surface area contributed by atoms with Gasteiger partial charge in [0.2, 0.25) is 0 Å². The van der Waals surface area contributed by atoms with Gasteiger partial charge in [0.05, 0.1) is 22.7 Å². The second kappa shape index (κ2) is 7.49. The van der Waals surface area contributed by atoms with E-state index in [4.69, 9.17) is 22.8 Å². The van der Waals surface area contributed by atoms with Gasteiger partial charge < -0.3 is 9.30 Å². The molecule has 0 spiro atoms. The molecule has 0 N–H and O–H groups in total. The highest BCUT2D eigenvalue weighted by Crippen LogP contribution is 2.44. The summed E-state index contributed by atoms with van der Waals surface area (Å²) in [6, 6.07) is 20.7. The third-order valence-electron chi connectivity index (χ3n) is 5.03. The zero-order chi connectivity index (χ0) is 20.7. The van der Waals surface area contributed by atoms with Gasteiger partial charge in [-0.25, -0.2) is 0 Å². The fourth-order valence-electron chi connectivity index (χ4n) is 3.71. The van der Waals surface area contributed by atoms with Gasteiger partial charge in [-0.2, -0.15) is 4.99 Å². The molecule has 0 atom stereocenters. The highest BCUT2D eigenvalue weighted by Gasteiger charge is 2.32. The van der Waals surface area contributed by atoms with Crippen LogP contribution in [-0.2, 0) is 11.3 Å². The smallest absolute Gasteiger partial charge is 0.260 e. The lowest BCUT2D eigenvalue weighted by Crippen LogP contribution is -2.22. The average Bonchev–Trinajstić information content (AvgIpc) is 3.08. The molecule has 1 aliphatic rings. The largest absolute Gasteiger partial charge is 0.457 e. The molecule has 4 nitrogen and oxygen atoms in total. The number of para-hydroxylation sites is 2. The molecule has 0 fully saturated rings. The predicted molar refractivity (Wildman–Crippen MR) is 119 cm³/mol. The molecule has 2 heterocycles. The van der Waals surface area contributed by atoms with Crippen molar-refractivity contribution in [3.8, 4) is 23.8 Å². The molecule has 4 aromatic rings. The number of fused-ring (bicyclic) bond motifs is 3. The van der Waals surface area contributed by atoms with Gasteiger partial charge in [-0.3, -0.25) is 4.79 Å². The molecule has 5 rings (SSSR count). The van der Waals surface area contributed by atoms with Crippen LogP contribution in [0.2, 0.25) is 5.02 Å². The van der Waals surface area contributed by atoms with Crippen LogP contribution in [0.15, 0.2) is 71.7 Å². The van der Waals surface area contributed by atoms with Crippen molar-refractivity contribution < 1.29 is 9.53 Å².